The summed E-state index contributed by atoms with van der Waals surface area (Å²) in [6.45, 7) is 0.400. The summed E-state index contributed by atoms with van der Waals surface area (Å²) in [5.41, 5.74) is 5.60. The van der Waals surface area contributed by atoms with Gasteiger partial charge in [0.15, 0.2) is 11.6 Å². The number of aryl methyl sites for hydroxylation is 1. The molecular weight excluding hydrogens is 436 g/mol. The highest BCUT2D eigenvalue weighted by Crippen LogP contribution is 2.44. The number of Topliss-reactive ketones (excluding diaryl/α,β-unsaturated/α-hetero) is 2. The fraction of sp³-hybridized carbons (Fsp3) is 0.263. The lowest BCUT2D eigenvalue weighted by Gasteiger charge is -2.25. The van der Waals surface area contributed by atoms with Crippen LogP contribution < -0.4 is 4.74 Å². The number of alkyl halides is 1. The minimum absolute atomic E-state index is 0.0420. The van der Waals surface area contributed by atoms with E-state index in [2.05, 4.69) is 37.9 Å². The van der Waals surface area contributed by atoms with Crippen molar-refractivity contribution in [1.29, 1.82) is 0 Å². The lowest BCUT2D eigenvalue weighted by molar-refractivity contribution is 0.0970. The fourth-order valence-electron chi connectivity index (χ4n) is 3.45. The first kappa shape index (κ1) is 16.0. The molecule has 5 heteroatoms. The first-order valence-corrected chi connectivity index (χ1v) is 9.75. The van der Waals surface area contributed by atoms with Gasteiger partial charge in [0.25, 0.3) is 0 Å². The van der Waals surface area contributed by atoms with Crippen molar-refractivity contribution in [2.75, 3.05) is 5.33 Å². The van der Waals surface area contributed by atoms with Crippen LogP contribution in [0.5, 0.6) is 5.75 Å². The summed E-state index contributed by atoms with van der Waals surface area (Å²) >= 11 is 6.83. The summed E-state index contributed by atoms with van der Waals surface area (Å²) in [6, 6.07) is 7.73. The summed E-state index contributed by atoms with van der Waals surface area (Å²) in [5, 5.41) is 0.297. The van der Waals surface area contributed by atoms with Crippen molar-refractivity contribution in [2.24, 2.45) is 0 Å². The number of benzene rings is 2. The first-order chi connectivity index (χ1) is 11.6. The molecule has 1 aliphatic heterocycles. The minimum Gasteiger partial charge on any atom is -0.488 e. The van der Waals surface area contributed by atoms with Gasteiger partial charge in [-0.05, 0) is 48.2 Å². The molecule has 0 amide bonds. The highest BCUT2D eigenvalue weighted by atomic mass is 79.9. The Hall–Kier alpha value is -1.46. The predicted octanol–water partition coefficient (Wildman–Crippen LogP) is 5.11. The molecule has 0 spiro atoms. The van der Waals surface area contributed by atoms with Gasteiger partial charge in [-0.2, -0.15) is 0 Å². The molecule has 0 saturated heterocycles. The van der Waals surface area contributed by atoms with E-state index in [-0.39, 0.29) is 11.6 Å². The van der Waals surface area contributed by atoms with Crippen molar-refractivity contribution < 1.29 is 14.3 Å². The van der Waals surface area contributed by atoms with Crippen LogP contribution in [0.2, 0.25) is 0 Å². The summed E-state index contributed by atoms with van der Waals surface area (Å²) < 4.78 is 6.78. The molecule has 2 aliphatic rings. The quantitative estimate of drug-likeness (QED) is 0.472. The second kappa shape index (κ2) is 6.12. The molecule has 0 atom stereocenters. The Balaban J connectivity index is 1.89. The van der Waals surface area contributed by atoms with Crippen molar-refractivity contribution in [3.05, 3.63) is 51.0 Å². The van der Waals surface area contributed by atoms with Gasteiger partial charge in [0, 0.05) is 33.1 Å². The second-order valence-corrected chi connectivity index (χ2v) is 7.53. The molecule has 4 rings (SSSR count). The van der Waals surface area contributed by atoms with Crippen LogP contribution in [0.3, 0.4) is 0 Å². The Kier molecular flexibility index (Phi) is 4.09. The lowest BCUT2D eigenvalue weighted by Crippen LogP contribution is -2.14. The average Bonchev–Trinajstić information content (AvgIpc) is 2.59. The molecule has 2 aromatic carbocycles. The number of rotatable bonds is 2. The lowest BCUT2D eigenvalue weighted by atomic mass is 9.86. The van der Waals surface area contributed by atoms with Crippen LogP contribution in [0.25, 0.3) is 11.1 Å². The molecule has 0 fully saturated rings. The summed E-state index contributed by atoms with van der Waals surface area (Å²) in [4.78, 5) is 24.1. The zero-order valence-corrected chi connectivity index (χ0v) is 16.0. The third kappa shape index (κ3) is 2.54. The summed E-state index contributed by atoms with van der Waals surface area (Å²) in [5.74, 6) is 0.989. The molecule has 1 heterocycles. The Labute approximate surface area is 156 Å². The number of hydrogen-bond donors (Lipinski definition) is 0. The number of ketones is 2. The molecule has 0 saturated carbocycles. The molecule has 0 radical (unpaired) electrons. The standard InChI is InChI=1S/C19H14Br2O3/c20-8-17(23)11-4-12-9-24-18-7-13-10(2-1-3-16(13)22)5-14(18)19(12)15(21)6-11/h4-7H,1-3,8-9H2. The summed E-state index contributed by atoms with van der Waals surface area (Å²) in [7, 11) is 0. The molecular formula is C19H14Br2O3. The zero-order chi connectivity index (χ0) is 16.8. The predicted molar refractivity (Wildman–Crippen MR) is 99.3 cm³/mol. The Morgan fingerprint density at radius 2 is 1.92 bits per heavy atom. The smallest absolute Gasteiger partial charge is 0.173 e. The molecule has 24 heavy (non-hydrogen) atoms. The van der Waals surface area contributed by atoms with Crippen LogP contribution in [0, 0.1) is 0 Å². The van der Waals surface area contributed by atoms with Gasteiger partial charge in [0.05, 0.1) is 5.33 Å². The average molecular weight is 450 g/mol. The highest BCUT2D eigenvalue weighted by Gasteiger charge is 2.26. The maximum atomic E-state index is 12.1. The van der Waals surface area contributed by atoms with E-state index in [4.69, 9.17) is 4.74 Å². The van der Waals surface area contributed by atoms with Crippen LogP contribution >= 0.6 is 31.9 Å². The minimum atomic E-state index is 0.0420. The van der Waals surface area contributed by atoms with E-state index >= 15 is 0 Å². The Bertz CT molecular complexity index is 887. The molecule has 3 nitrogen and oxygen atoms in total. The van der Waals surface area contributed by atoms with Crippen molar-refractivity contribution in [3.63, 3.8) is 0 Å². The number of fused-ring (bicyclic) bond motifs is 4. The molecule has 1 aliphatic carbocycles. The Morgan fingerprint density at radius 3 is 2.71 bits per heavy atom. The number of carbonyl (C=O) groups is 2. The molecule has 0 bridgehead atoms. The first-order valence-electron chi connectivity index (χ1n) is 7.83. The zero-order valence-electron chi connectivity index (χ0n) is 12.8. The van der Waals surface area contributed by atoms with E-state index in [1.165, 1.54) is 0 Å². The molecule has 122 valence electrons. The summed E-state index contributed by atoms with van der Waals surface area (Å²) in [6.07, 6.45) is 2.43. The SMILES string of the molecule is O=C(CBr)c1cc(Br)c2c(c1)COc1cc3c(cc1-2)CCCC3=O. The van der Waals surface area contributed by atoms with E-state index in [9.17, 15) is 9.59 Å². The van der Waals surface area contributed by atoms with Crippen LogP contribution in [0.15, 0.2) is 28.7 Å². The van der Waals surface area contributed by atoms with Crippen molar-refractivity contribution >= 4 is 43.4 Å². The van der Waals surface area contributed by atoms with E-state index in [0.717, 1.165) is 50.9 Å². The van der Waals surface area contributed by atoms with Crippen LogP contribution in [0.1, 0.15) is 44.7 Å². The Morgan fingerprint density at radius 1 is 1.08 bits per heavy atom. The normalized spacial score (nSPS) is 15.2. The molecule has 0 unspecified atom stereocenters. The fourth-order valence-corrected chi connectivity index (χ4v) is 4.49. The largest absolute Gasteiger partial charge is 0.488 e. The van der Waals surface area contributed by atoms with Gasteiger partial charge in [-0.1, -0.05) is 31.9 Å². The molecule has 0 N–H and O–H groups in total. The maximum Gasteiger partial charge on any atom is 0.173 e. The van der Waals surface area contributed by atoms with E-state index in [1.54, 1.807) is 0 Å². The number of halogens is 2. The van der Waals surface area contributed by atoms with Crippen molar-refractivity contribution in [2.45, 2.75) is 25.9 Å². The maximum absolute atomic E-state index is 12.1. The third-order valence-electron chi connectivity index (χ3n) is 4.62. The van der Waals surface area contributed by atoms with Gasteiger partial charge < -0.3 is 4.74 Å². The van der Waals surface area contributed by atoms with E-state index in [1.807, 2.05) is 18.2 Å². The van der Waals surface area contributed by atoms with Gasteiger partial charge in [0.2, 0.25) is 0 Å². The van der Waals surface area contributed by atoms with Gasteiger partial charge >= 0.3 is 0 Å². The number of carbonyl (C=O) groups excluding carboxylic acids is 2. The van der Waals surface area contributed by atoms with Gasteiger partial charge in [-0.3, -0.25) is 9.59 Å². The van der Waals surface area contributed by atoms with Gasteiger partial charge in [-0.25, -0.2) is 0 Å². The van der Waals surface area contributed by atoms with Crippen molar-refractivity contribution in [3.8, 4) is 16.9 Å². The topological polar surface area (TPSA) is 43.4 Å². The number of hydrogen-bond acceptors (Lipinski definition) is 3. The van der Waals surface area contributed by atoms with Crippen LogP contribution in [0.4, 0.5) is 0 Å². The molecule has 2 aromatic rings. The number of ether oxygens (including phenoxy) is 1. The third-order valence-corrected chi connectivity index (χ3v) is 5.76. The monoisotopic (exact) mass is 448 g/mol. The van der Waals surface area contributed by atoms with E-state index < -0.39 is 0 Å². The van der Waals surface area contributed by atoms with E-state index in [0.29, 0.717) is 23.9 Å². The second-order valence-electron chi connectivity index (χ2n) is 6.12. The van der Waals surface area contributed by atoms with Crippen LogP contribution in [-0.4, -0.2) is 16.9 Å². The van der Waals surface area contributed by atoms with Crippen LogP contribution in [-0.2, 0) is 13.0 Å². The van der Waals surface area contributed by atoms with Gasteiger partial charge in [0.1, 0.15) is 12.4 Å². The van der Waals surface area contributed by atoms with Gasteiger partial charge in [-0.15, -0.1) is 0 Å². The highest BCUT2D eigenvalue weighted by molar-refractivity contribution is 9.10. The molecule has 0 aromatic heterocycles. The van der Waals surface area contributed by atoms with Crippen molar-refractivity contribution in [1.82, 2.24) is 0 Å².